The van der Waals surface area contributed by atoms with Crippen molar-refractivity contribution in [3.05, 3.63) is 48.0 Å². The minimum atomic E-state index is -0.266. The first-order valence-corrected chi connectivity index (χ1v) is 10.3. The molecular formula is C23H23N5O3. The molecule has 8 nitrogen and oxygen atoms in total. The van der Waals surface area contributed by atoms with E-state index in [0.29, 0.717) is 47.0 Å². The van der Waals surface area contributed by atoms with Crippen LogP contribution in [0.25, 0.3) is 27.9 Å². The van der Waals surface area contributed by atoms with Crippen molar-refractivity contribution in [2.45, 2.75) is 26.3 Å². The minimum absolute atomic E-state index is 0.00742. The van der Waals surface area contributed by atoms with Crippen molar-refractivity contribution in [3.8, 4) is 17.2 Å². The molecule has 8 heteroatoms. The van der Waals surface area contributed by atoms with Crippen LogP contribution in [0.15, 0.2) is 42.5 Å². The number of carbonyl (C=O) groups excluding carboxylic acids is 1. The summed E-state index contributed by atoms with van der Waals surface area (Å²) >= 11 is 0. The second-order valence-corrected chi connectivity index (χ2v) is 7.59. The zero-order valence-corrected chi connectivity index (χ0v) is 17.4. The number of nitrogens with two attached hydrogens (primary N) is 1. The molecule has 1 aliphatic heterocycles. The predicted octanol–water partition coefficient (Wildman–Crippen LogP) is 3.46. The first-order chi connectivity index (χ1) is 15.1. The monoisotopic (exact) mass is 417 g/mol. The number of rotatable bonds is 4. The maximum absolute atomic E-state index is 13.1. The number of fused-ring (bicyclic) bond motifs is 3. The molecular weight excluding hydrogens is 394 g/mol. The minimum Gasteiger partial charge on any atom is -0.486 e. The van der Waals surface area contributed by atoms with E-state index in [0.717, 1.165) is 17.6 Å². The zero-order chi connectivity index (χ0) is 21.5. The third kappa shape index (κ3) is 3.20. The molecule has 3 heterocycles. The Morgan fingerprint density at radius 2 is 1.84 bits per heavy atom. The Morgan fingerprint density at radius 3 is 2.58 bits per heavy atom. The Balaban J connectivity index is 1.76. The molecule has 0 aliphatic carbocycles. The number of carbonyl (C=O) groups is 1. The molecule has 1 amide bonds. The summed E-state index contributed by atoms with van der Waals surface area (Å²) in [4.78, 5) is 22.7. The molecule has 0 saturated carbocycles. The quantitative estimate of drug-likeness (QED) is 0.527. The summed E-state index contributed by atoms with van der Waals surface area (Å²) in [7, 11) is 0. The van der Waals surface area contributed by atoms with Crippen LogP contribution < -0.4 is 20.5 Å². The van der Waals surface area contributed by atoms with Gasteiger partial charge in [0.15, 0.2) is 17.1 Å². The average molecular weight is 417 g/mol. The van der Waals surface area contributed by atoms with Crippen LogP contribution >= 0.6 is 0 Å². The molecule has 0 radical (unpaired) electrons. The Bertz CT molecular complexity index is 1310. The third-order valence-electron chi connectivity index (χ3n) is 5.50. The van der Waals surface area contributed by atoms with Crippen molar-refractivity contribution < 1.29 is 14.3 Å². The fourth-order valence-electron chi connectivity index (χ4n) is 3.72. The number of amides is 1. The van der Waals surface area contributed by atoms with E-state index in [1.807, 2.05) is 56.3 Å². The molecule has 0 spiro atoms. The molecule has 0 bridgehead atoms. The van der Waals surface area contributed by atoms with Crippen LogP contribution in [0.1, 0.15) is 30.6 Å². The standard InChI is InChI=1S/C23H23N5O3/c1-3-13(2)25-23(29)19-20-22(27-16-7-5-4-6-15(16)26-20)28(21(19)24)14-8-9-17-18(12-14)31-11-10-30-17/h4-9,12-13H,3,10-11,24H2,1-2H3,(H,25,29). The van der Waals surface area contributed by atoms with E-state index in [-0.39, 0.29) is 17.8 Å². The Kier molecular flexibility index (Phi) is 4.62. The summed E-state index contributed by atoms with van der Waals surface area (Å²) in [6, 6.07) is 13.1. The highest BCUT2D eigenvalue weighted by Gasteiger charge is 2.26. The molecule has 5 rings (SSSR count). The largest absolute Gasteiger partial charge is 0.486 e. The highest BCUT2D eigenvalue weighted by atomic mass is 16.6. The smallest absolute Gasteiger partial charge is 0.257 e. The van der Waals surface area contributed by atoms with Crippen LogP contribution in [0.5, 0.6) is 11.5 Å². The van der Waals surface area contributed by atoms with Gasteiger partial charge in [0.2, 0.25) is 0 Å². The number of aromatic nitrogens is 3. The summed E-state index contributed by atoms with van der Waals surface area (Å²) in [5.41, 5.74) is 10.0. The molecule has 0 fully saturated rings. The second-order valence-electron chi connectivity index (χ2n) is 7.59. The number of anilines is 1. The first-order valence-electron chi connectivity index (χ1n) is 10.3. The predicted molar refractivity (Wildman–Crippen MR) is 119 cm³/mol. The van der Waals surface area contributed by atoms with Crippen LogP contribution in [-0.4, -0.2) is 39.7 Å². The summed E-state index contributed by atoms with van der Waals surface area (Å²) in [5, 5.41) is 3.00. The van der Waals surface area contributed by atoms with Crippen molar-refractivity contribution in [2.75, 3.05) is 18.9 Å². The second kappa shape index (κ2) is 7.46. The van der Waals surface area contributed by atoms with Gasteiger partial charge < -0.3 is 20.5 Å². The summed E-state index contributed by atoms with van der Waals surface area (Å²) in [5.74, 6) is 1.32. The number of para-hydroxylation sites is 2. The van der Waals surface area contributed by atoms with Crippen LogP contribution in [0.2, 0.25) is 0 Å². The molecule has 1 atom stereocenters. The number of ether oxygens (including phenoxy) is 2. The van der Waals surface area contributed by atoms with Crippen LogP contribution in [0.4, 0.5) is 5.82 Å². The van der Waals surface area contributed by atoms with E-state index >= 15 is 0 Å². The van der Waals surface area contributed by atoms with Crippen molar-refractivity contribution in [1.29, 1.82) is 0 Å². The number of hydrogen-bond acceptors (Lipinski definition) is 6. The maximum atomic E-state index is 13.1. The lowest BCUT2D eigenvalue weighted by molar-refractivity contribution is 0.0941. The molecule has 1 unspecified atom stereocenters. The topological polar surface area (TPSA) is 104 Å². The number of nitrogens with one attached hydrogen (secondary N) is 1. The fraction of sp³-hybridized carbons (Fsp3) is 0.261. The van der Waals surface area contributed by atoms with Crippen molar-refractivity contribution in [3.63, 3.8) is 0 Å². The summed E-state index contributed by atoms with van der Waals surface area (Å²) < 4.78 is 13.1. The highest BCUT2D eigenvalue weighted by molar-refractivity contribution is 6.11. The maximum Gasteiger partial charge on any atom is 0.257 e. The molecule has 1 aliphatic rings. The van der Waals surface area contributed by atoms with Gasteiger partial charge in [0.1, 0.15) is 30.1 Å². The lowest BCUT2D eigenvalue weighted by Gasteiger charge is -2.19. The normalized spacial score (nSPS) is 14.0. The zero-order valence-electron chi connectivity index (χ0n) is 17.4. The Hall–Kier alpha value is -3.81. The van der Waals surface area contributed by atoms with Gasteiger partial charge >= 0.3 is 0 Å². The van der Waals surface area contributed by atoms with E-state index in [9.17, 15) is 4.79 Å². The van der Waals surface area contributed by atoms with Gasteiger partial charge in [0.25, 0.3) is 5.91 Å². The Morgan fingerprint density at radius 1 is 1.13 bits per heavy atom. The van der Waals surface area contributed by atoms with Gasteiger partial charge in [0, 0.05) is 12.1 Å². The SMILES string of the molecule is CCC(C)NC(=O)c1c(N)n(-c2ccc3c(c2)OCCO3)c2nc3ccccc3nc12. The van der Waals surface area contributed by atoms with Gasteiger partial charge in [-0.05, 0) is 37.6 Å². The van der Waals surface area contributed by atoms with Gasteiger partial charge in [-0.3, -0.25) is 9.36 Å². The molecule has 158 valence electrons. The molecule has 31 heavy (non-hydrogen) atoms. The lowest BCUT2D eigenvalue weighted by Crippen LogP contribution is -2.32. The first kappa shape index (κ1) is 19.2. The van der Waals surface area contributed by atoms with Gasteiger partial charge in [-0.2, -0.15) is 0 Å². The molecule has 2 aromatic heterocycles. The van der Waals surface area contributed by atoms with Gasteiger partial charge in [0.05, 0.1) is 16.7 Å². The number of nitrogen functional groups attached to an aromatic ring is 1. The van der Waals surface area contributed by atoms with E-state index in [4.69, 9.17) is 25.2 Å². The van der Waals surface area contributed by atoms with E-state index in [2.05, 4.69) is 5.32 Å². The Labute approximate surface area is 179 Å². The van der Waals surface area contributed by atoms with E-state index in [1.54, 1.807) is 4.57 Å². The third-order valence-corrected chi connectivity index (χ3v) is 5.50. The van der Waals surface area contributed by atoms with E-state index < -0.39 is 0 Å². The average Bonchev–Trinajstić information content (AvgIpc) is 3.07. The van der Waals surface area contributed by atoms with Gasteiger partial charge in [-0.25, -0.2) is 9.97 Å². The lowest BCUT2D eigenvalue weighted by atomic mass is 10.2. The van der Waals surface area contributed by atoms with Crippen LogP contribution in [-0.2, 0) is 0 Å². The molecule has 0 saturated heterocycles. The van der Waals surface area contributed by atoms with Crippen LogP contribution in [0, 0.1) is 0 Å². The number of nitrogens with zero attached hydrogens (tertiary/aromatic N) is 3. The highest BCUT2D eigenvalue weighted by Crippen LogP contribution is 2.36. The fourth-order valence-corrected chi connectivity index (χ4v) is 3.72. The summed E-state index contributed by atoms with van der Waals surface area (Å²) in [6.07, 6.45) is 0.807. The van der Waals surface area contributed by atoms with Crippen LogP contribution in [0.3, 0.4) is 0 Å². The van der Waals surface area contributed by atoms with E-state index in [1.165, 1.54) is 0 Å². The molecule has 2 aromatic carbocycles. The number of hydrogen-bond donors (Lipinski definition) is 2. The van der Waals surface area contributed by atoms with Gasteiger partial charge in [-0.15, -0.1) is 0 Å². The van der Waals surface area contributed by atoms with Crippen molar-refractivity contribution >= 4 is 33.9 Å². The molecule has 3 N–H and O–H groups in total. The molecule has 4 aromatic rings. The van der Waals surface area contributed by atoms with Gasteiger partial charge in [-0.1, -0.05) is 19.1 Å². The number of benzene rings is 2. The summed E-state index contributed by atoms with van der Waals surface area (Å²) in [6.45, 7) is 4.96. The van der Waals surface area contributed by atoms with Crippen molar-refractivity contribution in [1.82, 2.24) is 19.9 Å². The van der Waals surface area contributed by atoms with Crippen molar-refractivity contribution in [2.24, 2.45) is 0 Å².